The molecule has 2 aliphatic heterocycles. The Balaban J connectivity index is 0.000000192. The van der Waals surface area contributed by atoms with Gasteiger partial charge in [-0.05, 0) is 63.6 Å². The van der Waals surface area contributed by atoms with Gasteiger partial charge < -0.3 is 34.0 Å². The molecule has 1 saturated carbocycles. The van der Waals surface area contributed by atoms with Crippen LogP contribution in [-0.2, 0) is 19.0 Å². The molecule has 0 saturated heterocycles. The summed E-state index contributed by atoms with van der Waals surface area (Å²) in [5.41, 5.74) is 3.76. The van der Waals surface area contributed by atoms with Gasteiger partial charge in [0.05, 0.1) is 29.4 Å². The van der Waals surface area contributed by atoms with Gasteiger partial charge in [-0.3, -0.25) is 4.79 Å². The third-order valence-electron chi connectivity index (χ3n) is 8.06. The van der Waals surface area contributed by atoms with Crippen molar-refractivity contribution in [3.05, 3.63) is 76.8 Å². The van der Waals surface area contributed by atoms with Gasteiger partial charge in [0.2, 0.25) is 0 Å². The van der Waals surface area contributed by atoms with E-state index in [4.69, 9.17) is 19.5 Å². The summed E-state index contributed by atoms with van der Waals surface area (Å²) < 4.78 is 51.0. The number of rotatable bonds is 5. The van der Waals surface area contributed by atoms with Crippen molar-refractivity contribution in [2.24, 2.45) is 0 Å². The van der Waals surface area contributed by atoms with Crippen molar-refractivity contribution in [3.63, 3.8) is 0 Å². The van der Waals surface area contributed by atoms with Crippen molar-refractivity contribution in [1.29, 1.82) is 5.26 Å². The number of halogens is 2. The van der Waals surface area contributed by atoms with E-state index < -0.39 is 18.0 Å². The number of alkyl halides is 2. The number of aromatic nitrogens is 1. The maximum absolute atomic E-state index is 13.0. The number of amides is 1. The quantitative estimate of drug-likeness (QED) is 0.308. The van der Waals surface area contributed by atoms with Crippen LogP contribution in [0, 0.1) is 25.2 Å². The molecule has 12 heteroatoms. The fraction of sp³-hybridized carbons (Fsp3) is 0.364. The van der Waals surface area contributed by atoms with E-state index in [9.17, 15) is 18.4 Å². The second kappa shape index (κ2) is 12.6. The van der Waals surface area contributed by atoms with Crippen LogP contribution in [0.2, 0.25) is 0 Å². The van der Waals surface area contributed by atoms with Crippen molar-refractivity contribution in [3.8, 4) is 28.7 Å². The smallest absolute Gasteiger partial charge is 0.434 e. The van der Waals surface area contributed by atoms with Crippen molar-refractivity contribution in [2.75, 3.05) is 13.7 Å². The fourth-order valence-electron chi connectivity index (χ4n) is 5.84. The first-order chi connectivity index (χ1) is 21.5. The number of para-hydroxylation sites is 1. The number of carbonyl (C=O) groups excluding carboxylic acids is 2. The summed E-state index contributed by atoms with van der Waals surface area (Å²) in [4.78, 5) is 27.9. The molecule has 3 heterocycles. The topological polar surface area (TPSA) is 132 Å². The molecule has 3 aliphatic rings. The van der Waals surface area contributed by atoms with E-state index in [1.165, 1.54) is 12.3 Å². The minimum Gasteiger partial charge on any atom is -0.434 e. The van der Waals surface area contributed by atoms with E-state index in [0.29, 0.717) is 40.9 Å². The molecule has 0 bridgehead atoms. The third kappa shape index (κ3) is 6.35. The van der Waals surface area contributed by atoms with Crippen molar-refractivity contribution < 1.29 is 42.1 Å². The molecule has 10 nitrogen and oxygen atoms in total. The van der Waals surface area contributed by atoms with Gasteiger partial charge in [0.1, 0.15) is 11.8 Å². The molecule has 45 heavy (non-hydrogen) atoms. The highest BCUT2D eigenvalue weighted by molar-refractivity contribution is 6.24. The summed E-state index contributed by atoms with van der Waals surface area (Å²) in [5.74, 6) is 0.0780. The number of ether oxygens (including phenoxy) is 5. The first kappa shape index (κ1) is 31.5. The summed E-state index contributed by atoms with van der Waals surface area (Å²) in [5, 5.41) is 12.0. The number of carbonyl (C=O) groups is 2. The van der Waals surface area contributed by atoms with E-state index in [1.54, 1.807) is 32.4 Å². The van der Waals surface area contributed by atoms with Gasteiger partial charge in [-0.1, -0.05) is 35.9 Å². The number of methoxy groups -OCH3 is 1. The summed E-state index contributed by atoms with van der Waals surface area (Å²) in [6, 6.07) is 12.4. The van der Waals surface area contributed by atoms with Crippen LogP contribution in [0.15, 0.2) is 54.6 Å². The molecule has 2 N–H and O–H groups in total. The summed E-state index contributed by atoms with van der Waals surface area (Å²) >= 11 is 0. The molecule has 236 valence electrons. The van der Waals surface area contributed by atoms with Crippen molar-refractivity contribution in [1.82, 2.24) is 10.3 Å². The molecule has 1 aromatic heterocycles. The highest BCUT2D eigenvalue weighted by Gasteiger charge is 2.50. The standard InChI is InChI=1S/C21H27NO5.C12H6F2N2O2/c1-5-26-20(24)27-18-17(16-12-13(2)6-7-14(16)3)19(23)22-21(18)10-8-15(25-4)9-11-21;13-12(14)17-10-3-1-2-8(11(10)18-12)9-6-16-5-7(9)4-15/h6-7,12,15H,5,8-11H2,1-4H3,(H,22,23);1-3,5-6,16H. The Kier molecular flexibility index (Phi) is 8.84. The van der Waals surface area contributed by atoms with Crippen LogP contribution in [0.3, 0.4) is 0 Å². The monoisotopic (exact) mass is 621 g/mol. The molecule has 0 atom stereocenters. The van der Waals surface area contributed by atoms with Crippen LogP contribution in [-0.4, -0.2) is 48.7 Å². The van der Waals surface area contributed by atoms with E-state index >= 15 is 0 Å². The van der Waals surface area contributed by atoms with Gasteiger partial charge in [-0.2, -0.15) is 5.26 Å². The van der Waals surface area contributed by atoms with Crippen LogP contribution < -0.4 is 14.8 Å². The zero-order valence-corrected chi connectivity index (χ0v) is 25.3. The number of nitriles is 1. The molecular formula is C33H33F2N3O7. The largest absolute Gasteiger partial charge is 0.586 e. The second-order valence-corrected chi connectivity index (χ2v) is 11.0. The van der Waals surface area contributed by atoms with E-state index in [-0.39, 0.29) is 30.1 Å². The lowest BCUT2D eigenvalue weighted by molar-refractivity contribution is -0.286. The van der Waals surface area contributed by atoms with Gasteiger partial charge in [0, 0.05) is 30.6 Å². The normalized spacial score (nSPS) is 21.1. The first-order valence-electron chi connectivity index (χ1n) is 14.5. The number of H-pyrrole nitrogens is 1. The Morgan fingerprint density at radius 1 is 1.09 bits per heavy atom. The molecule has 0 unspecified atom stereocenters. The van der Waals surface area contributed by atoms with E-state index in [2.05, 4.69) is 19.8 Å². The Hall–Kier alpha value is -4.89. The van der Waals surface area contributed by atoms with Gasteiger partial charge in [-0.25, -0.2) is 4.79 Å². The molecule has 1 aliphatic carbocycles. The molecule has 1 spiro atoms. The first-order valence-corrected chi connectivity index (χ1v) is 14.5. The highest BCUT2D eigenvalue weighted by atomic mass is 19.3. The number of hydrogen-bond acceptors (Lipinski definition) is 8. The number of aromatic amines is 1. The molecule has 3 aromatic rings. The predicted molar refractivity (Wildman–Crippen MR) is 158 cm³/mol. The Bertz CT molecular complexity index is 1680. The minimum atomic E-state index is -3.67. The lowest BCUT2D eigenvalue weighted by atomic mass is 9.79. The number of aryl methyl sites for hydroxylation is 2. The number of nitrogens with zero attached hydrogens (tertiary/aromatic N) is 1. The predicted octanol–water partition coefficient (Wildman–Crippen LogP) is 6.52. The zero-order valence-electron chi connectivity index (χ0n) is 25.3. The third-order valence-corrected chi connectivity index (χ3v) is 8.06. The Morgan fingerprint density at radius 2 is 1.84 bits per heavy atom. The van der Waals surface area contributed by atoms with Crippen LogP contribution in [0.1, 0.15) is 54.9 Å². The SMILES string of the molecule is CCOC(=O)OC1=C(c2cc(C)ccc2C)C(=O)NC12CCC(OC)CC2.N#Cc1c[nH]cc1-c1cccc2c1OC(F)(F)O2. The Morgan fingerprint density at radius 3 is 2.53 bits per heavy atom. The summed E-state index contributed by atoms with van der Waals surface area (Å²) in [7, 11) is 1.70. The van der Waals surface area contributed by atoms with Gasteiger partial charge in [-0.15, -0.1) is 8.78 Å². The maximum Gasteiger partial charge on any atom is 0.586 e. The van der Waals surface area contributed by atoms with E-state index in [1.807, 2.05) is 38.1 Å². The van der Waals surface area contributed by atoms with Crippen LogP contribution >= 0.6 is 0 Å². The minimum absolute atomic E-state index is 0.0393. The average Bonchev–Trinajstić information content (AvgIpc) is 3.68. The number of benzene rings is 2. The Labute approximate surface area is 258 Å². The number of nitrogens with one attached hydrogen (secondary N) is 2. The van der Waals surface area contributed by atoms with Crippen LogP contribution in [0.4, 0.5) is 13.6 Å². The maximum atomic E-state index is 13.0. The summed E-state index contributed by atoms with van der Waals surface area (Å²) in [6.07, 6.45) is 1.62. The molecular weight excluding hydrogens is 588 g/mol. The molecule has 2 aromatic carbocycles. The highest BCUT2D eigenvalue weighted by Crippen LogP contribution is 2.48. The summed E-state index contributed by atoms with van der Waals surface area (Å²) in [6.45, 7) is 5.86. The van der Waals surface area contributed by atoms with Crippen molar-refractivity contribution >= 4 is 17.6 Å². The zero-order chi connectivity index (χ0) is 32.4. The molecule has 0 radical (unpaired) electrons. The van der Waals surface area contributed by atoms with E-state index in [0.717, 1.165) is 29.5 Å². The second-order valence-electron chi connectivity index (χ2n) is 11.0. The van der Waals surface area contributed by atoms with Crippen molar-refractivity contribution in [2.45, 2.75) is 64.4 Å². The number of fused-ring (bicyclic) bond motifs is 1. The molecule has 1 amide bonds. The lowest BCUT2D eigenvalue weighted by Gasteiger charge is -2.37. The van der Waals surface area contributed by atoms with Crippen LogP contribution in [0.25, 0.3) is 16.7 Å². The average molecular weight is 622 g/mol. The van der Waals surface area contributed by atoms with Crippen LogP contribution in [0.5, 0.6) is 11.5 Å². The van der Waals surface area contributed by atoms with Gasteiger partial charge in [0.25, 0.3) is 5.91 Å². The molecule has 1 fully saturated rings. The fourth-order valence-corrected chi connectivity index (χ4v) is 5.84. The lowest BCUT2D eigenvalue weighted by Crippen LogP contribution is -2.49. The number of hydrogen-bond donors (Lipinski definition) is 2. The molecule has 6 rings (SSSR count). The van der Waals surface area contributed by atoms with Gasteiger partial charge in [0.15, 0.2) is 11.5 Å². The van der Waals surface area contributed by atoms with Gasteiger partial charge >= 0.3 is 12.5 Å².